The van der Waals surface area contributed by atoms with Gasteiger partial charge >= 0.3 is 0 Å². The molecule has 0 bridgehead atoms. The van der Waals surface area contributed by atoms with Gasteiger partial charge in [0.15, 0.2) is 11.6 Å². The summed E-state index contributed by atoms with van der Waals surface area (Å²) < 4.78 is 25.6. The predicted molar refractivity (Wildman–Crippen MR) is 56.4 cm³/mol. The van der Waals surface area contributed by atoms with Crippen molar-refractivity contribution in [1.82, 2.24) is 5.32 Å². The molecule has 0 heterocycles. The van der Waals surface area contributed by atoms with E-state index < -0.39 is 11.6 Å². The third-order valence-corrected chi connectivity index (χ3v) is 2.28. The smallest absolute Gasteiger partial charge is 0.159 e. The first-order valence-corrected chi connectivity index (χ1v) is 5.03. The number of hydrogen-bond donors (Lipinski definition) is 2. The summed E-state index contributed by atoms with van der Waals surface area (Å²) in [6.07, 6.45) is 0.869. The Bertz CT molecular complexity index is 315. The third kappa shape index (κ3) is 3.57. The molecule has 0 saturated carbocycles. The van der Waals surface area contributed by atoms with Gasteiger partial charge in [-0.1, -0.05) is 6.07 Å². The van der Waals surface area contributed by atoms with Crippen molar-refractivity contribution < 1.29 is 8.78 Å². The summed E-state index contributed by atoms with van der Waals surface area (Å²) in [5.74, 6) is -1.62. The molecule has 0 aliphatic heterocycles. The fourth-order valence-corrected chi connectivity index (χ4v) is 1.32. The Morgan fingerprint density at radius 2 is 2.07 bits per heavy atom. The molecule has 1 aromatic carbocycles. The number of halogens is 2. The van der Waals surface area contributed by atoms with E-state index in [0.29, 0.717) is 6.54 Å². The van der Waals surface area contributed by atoms with Gasteiger partial charge in [-0.15, -0.1) is 0 Å². The molecule has 1 aromatic rings. The van der Waals surface area contributed by atoms with Crippen LogP contribution in [0.15, 0.2) is 18.2 Å². The molecule has 84 valence electrons. The maximum Gasteiger partial charge on any atom is 0.159 e. The number of benzene rings is 1. The minimum Gasteiger partial charge on any atom is -0.330 e. The van der Waals surface area contributed by atoms with Crippen molar-refractivity contribution in [2.45, 2.75) is 19.4 Å². The molecule has 0 aliphatic carbocycles. The monoisotopic (exact) mass is 214 g/mol. The highest BCUT2D eigenvalue weighted by atomic mass is 19.2. The maximum atomic E-state index is 12.9. The summed E-state index contributed by atoms with van der Waals surface area (Å²) in [5, 5.41) is 3.18. The van der Waals surface area contributed by atoms with E-state index in [1.54, 1.807) is 6.07 Å². The van der Waals surface area contributed by atoms with Crippen LogP contribution in [0.4, 0.5) is 8.78 Å². The van der Waals surface area contributed by atoms with Crippen molar-refractivity contribution in [2.24, 2.45) is 5.73 Å². The molecule has 15 heavy (non-hydrogen) atoms. The summed E-state index contributed by atoms with van der Waals surface area (Å²) in [6, 6.07) is 3.95. The minimum atomic E-state index is -0.812. The van der Waals surface area contributed by atoms with Crippen molar-refractivity contribution in [3.05, 3.63) is 35.4 Å². The molecule has 1 unspecified atom stereocenters. The van der Waals surface area contributed by atoms with Gasteiger partial charge in [-0.25, -0.2) is 8.78 Å². The van der Waals surface area contributed by atoms with Gasteiger partial charge in [0.2, 0.25) is 0 Å². The van der Waals surface area contributed by atoms with Crippen molar-refractivity contribution in [2.75, 3.05) is 13.1 Å². The fraction of sp³-hybridized carbons (Fsp3) is 0.455. The Morgan fingerprint density at radius 3 is 2.67 bits per heavy atom. The van der Waals surface area contributed by atoms with E-state index in [1.807, 2.05) is 6.92 Å². The zero-order valence-corrected chi connectivity index (χ0v) is 8.76. The van der Waals surface area contributed by atoms with Gasteiger partial charge in [0, 0.05) is 6.04 Å². The molecule has 1 rings (SSSR count). The maximum absolute atomic E-state index is 12.9. The molecule has 2 nitrogen and oxygen atoms in total. The molecule has 0 saturated heterocycles. The summed E-state index contributed by atoms with van der Waals surface area (Å²) in [6.45, 7) is 3.30. The van der Waals surface area contributed by atoms with Crippen LogP contribution in [0.5, 0.6) is 0 Å². The summed E-state index contributed by atoms with van der Waals surface area (Å²) >= 11 is 0. The highest BCUT2D eigenvalue weighted by Crippen LogP contribution is 2.15. The molecule has 0 aliphatic rings. The zero-order valence-electron chi connectivity index (χ0n) is 8.76. The molecular weight excluding hydrogens is 198 g/mol. The lowest BCUT2D eigenvalue weighted by Gasteiger charge is -2.13. The molecule has 0 radical (unpaired) electrons. The van der Waals surface area contributed by atoms with E-state index in [1.165, 1.54) is 6.07 Å². The number of nitrogens with two attached hydrogens (primary N) is 1. The number of rotatable bonds is 5. The van der Waals surface area contributed by atoms with E-state index in [-0.39, 0.29) is 6.04 Å². The van der Waals surface area contributed by atoms with Crippen LogP contribution >= 0.6 is 0 Å². The predicted octanol–water partition coefficient (Wildman–Crippen LogP) is 1.96. The lowest BCUT2D eigenvalue weighted by Crippen LogP contribution is -2.22. The third-order valence-electron chi connectivity index (χ3n) is 2.28. The first kappa shape index (κ1) is 12.1. The second kappa shape index (κ2) is 5.78. The average Bonchev–Trinajstić information content (AvgIpc) is 2.22. The van der Waals surface area contributed by atoms with Gasteiger partial charge in [-0.2, -0.15) is 0 Å². The molecule has 0 spiro atoms. The van der Waals surface area contributed by atoms with Crippen LogP contribution in [0, 0.1) is 11.6 Å². The Balaban J connectivity index is 2.57. The topological polar surface area (TPSA) is 38.0 Å². The Labute approximate surface area is 88.5 Å². The second-order valence-electron chi connectivity index (χ2n) is 3.49. The SMILES string of the molecule is CC(NCCCN)c1ccc(F)c(F)c1. The van der Waals surface area contributed by atoms with Crippen molar-refractivity contribution >= 4 is 0 Å². The van der Waals surface area contributed by atoms with E-state index >= 15 is 0 Å². The van der Waals surface area contributed by atoms with Crippen LogP contribution in [0.2, 0.25) is 0 Å². The first-order chi connectivity index (χ1) is 7.15. The van der Waals surface area contributed by atoms with Gasteiger partial charge in [-0.3, -0.25) is 0 Å². The largest absolute Gasteiger partial charge is 0.330 e. The van der Waals surface area contributed by atoms with Crippen molar-refractivity contribution in [3.63, 3.8) is 0 Å². The Kier molecular flexibility index (Phi) is 4.65. The first-order valence-electron chi connectivity index (χ1n) is 5.03. The van der Waals surface area contributed by atoms with Crippen LogP contribution in [0.3, 0.4) is 0 Å². The molecule has 3 N–H and O–H groups in total. The van der Waals surface area contributed by atoms with E-state index in [0.717, 1.165) is 24.6 Å². The van der Waals surface area contributed by atoms with E-state index in [4.69, 9.17) is 5.73 Å². The van der Waals surface area contributed by atoms with Gasteiger partial charge < -0.3 is 11.1 Å². The lowest BCUT2D eigenvalue weighted by atomic mass is 10.1. The molecule has 0 aromatic heterocycles. The highest BCUT2D eigenvalue weighted by Gasteiger charge is 2.07. The van der Waals surface area contributed by atoms with Crippen LogP contribution in [0.25, 0.3) is 0 Å². The normalized spacial score (nSPS) is 12.8. The van der Waals surface area contributed by atoms with Crippen LogP contribution in [-0.4, -0.2) is 13.1 Å². The minimum absolute atomic E-state index is 0.00616. The molecular formula is C11H16F2N2. The Hall–Kier alpha value is -1.00. The van der Waals surface area contributed by atoms with Crippen molar-refractivity contribution in [1.29, 1.82) is 0 Å². The molecule has 4 heteroatoms. The fourth-order valence-electron chi connectivity index (χ4n) is 1.32. The summed E-state index contributed by atoms with van der Waals surface area (Å²) in [7, 11) is 0. The average molecular weight is 214 g/mol. The zero-order chi connectivity index (χ0) is 11.3. The van der Waals surface area contributed by atoms with Gasteiger partial charge in [0.1, 0.15) is 0 Å². The van der Waals surface area contributed by atoms with E-state index in [9.17, 15) is 8.78 Å². The standard InChI is InChI=1S/C11H16F2N2/c1-8(15-6-2-5-14)9-3-4-10(12)11(13)7-9/h3-4,7-8,15H,2,5-6,14H2,1H3. The van der Waals surface area contributed by atoms with Gasteiger partial charge in [0.05, 0.1) is 0 Å². The van der Waals surface area contributed by atoms with Crippen LogP contribution < -0.4 is 11.1 Å². The highest BCUT2D eigenvalue weighted by molar-refractivity contribution is 5.20. The summed E-state index contributed by atoms with van der Waals surface area (Å²) in [4.78, 5) is 0. The van der Waals surface area contributed by atoms with Gasteiger partial charge in [0.25, 0.3) is 0 Å². The molecule has 0 fully saturated rings. The van der Waals surface area contributed by atoms with Crippen LogP contribution in [0.1, 0.15) is 24.9 Å². The lowest BCUT2D eigenvalue weighted by molar-refractivity contribution is 0.500. The van der Waals surface area contributed by atoms with Gasteiger partial charge in [-0.05, 0) is 44.1 Å². The van der Waals surface area contributed by atoms with E-state index in [2.05, 4.69) is 5.32 Å². The molecule has 1 atom stereocenters. The summed E-state index contributed by atoms with van der Waals surface area (Å²) in [5.41, 5.74) is 6.09. The number of nitrogens with one attached hydrogen (secondary N) is 1. The number of hydrogen-bond acceptors (Lipinski definition) is 2. The Morgan fingerprint density at radius 1 is 1.33 bits per heavy atom. The van der Waals surface area contributed by atoms with Crippen molar-refractivity contribution in [3.8, 4) is 0 Å². The quantitative estimate of drug-likeness (QED) is 0.735. The second-order valence-corrected chi connectivity index (χ2v) is 3.49. The van der Waals surface area contributed by atoms with Crippen LogP contribution in [-0.2, 0) is 0 Å². The molecule has 0 amide bonds.